The molecule has 3 rings (SSSR count). The molecule has 1 amide bonds. The standard InChI is InChI=1S/C17H14N2O3S/c20-16(21)8-14(15-6-3-7-23-15)19-17(22)13-10-18-9-11-4-1-2-5-12(11)13/h1-7,9-10,14H,8H2,(H,19,22)(H,20,21)/t14-/m0/s1. The number of hydrogen-bond acceptors (Lipinski definition) is 4. The Morgan fingerprint density at radius 3 is 2.74 bits per heavy atom. The van der Waals surface area contributed by atoms with E-state index in [-0.39, 0.29) is 12.3 Å². The maximum absolute atomic E-state index is 12.6. The number of carboxylic acids is 1. The van der Waals surface area contributed by atoms with Gasteiger partial charge in [0.1, 0.15) is 0 Å². The number of rotatable bonds is 5. The zero-order valence-electron chi connectivity index (χ0n) is 12.1. The van der Waals surface area contributed by atoms with Crippen molar-refractivity contribution in [1.29, 1.82) is 0 Å². The number of thiophene rings is 1. The number of pyridine rings is 1. The average Bonchev–Trinajstić information content (AvgIpc) is 3.07. The molecule has 2 heterocycles. The number of carbonyl (C=O) groups is 2. The molecule has 5 nitrogen and oxygen atoms in total. The first-order valence-electron chi connectivity index (χ1n) is 7.04. The summed E-state index contributed by atoms with van der Waals surface area (Å²) in [5.41, 5.74) is 0.440. The quantitative estimate of drug-likeness (QED) is 0.754. The van der Waals surface area contributed by atoms with E-state index in [4.69, 9.17) is 5.11 Å². The number of hydrogen-bond donors (Lipinski definition) is 2. The van der Waals surface area contributed by atoms with Crippen molar-refractivity contribution in [3.8, 4) is 0 Å². The minimum atomic E-state index is -0.959. The predicted molar refractivity (Wildman–Crippen MR) is 88.5 cm³/mol. The monoisotopic (exact) mass is 326 g/mol. The fourth-order valence-electron chi connectivity index (χ4n) is 2.42. The molecule has 0 unspecified atom stereocenters. The number of amides is 1. The van der Waals surface area contributed by atoms with E-state index in [0.29, 0.717) is 5.56 Å². The summed E-state index contributed by atoms with van der Waals surface area (Å²) in [6, 6.07) is 10.6. The first-order valence-corrected chi connectivity index (χ1v) is 7.92. The van der Waals surface area contributed by atoms with Crippen LogP contribution in [-0.4, -0.2) is 22.0 Å². The molecule has 0 radical (unpaired) electrons. The molecule has 0 bridgehead atoms. The summed E-state index contributed by atoms with van der Waals surface area (Å²) in [7, 11) is 0. The minimum Gasteiger partial charge on any atom is -0.481 e. The van der Waals surface area contributed by atoms with E-state index >= 15 is 0 Å². The summed E-state index contributed by atoms with van der Waals surface area (Å²) in [6.07, 6.45) is 3.04. The van der Waals surface area contributed by atoms with E-state index in [9.17, 15) is 9.59 Å². The molecule has 0 saturated carbocycles. The molecule has 0 fully saturated rings. The average molecular weight is 326 g/mol. The Kier molecular flexibility index (Phi) is 4.34. The number of carbonyl (C=O) groups excluding carboxylic acids is 1. The van der Waals surface area contributed by atoms with Crippen molar-refractivity contribution in [2.24, 2.45) is 0 Å². The Labute approximate surface area is 136 Å². The molecule has 2 N–H and O–H groups in total. The van der Waals surface area contributed by atoms with Crippen molar-refractivity contribution in [2.45, 2.75) is 12.5 Å². The van der Waals surface area contributed by atoms with Gasteiger partial charge in [0.05, 0.1) is 18.0 Å². The van der Waals surface area contributed by atoms with E-state index in [1.807, 2.05) is 41.8 Å². The molecule has 0 saturated heterocycles. The maximum atomic E-state index is 12.6. The second-order valence-electron chi connectivity index (χ2n) is 5.05. The van der Waals surface area contributed by atoms with Gasteiger partial charge in [-0.15, -0.1) is 11.3 Å². The molecule has 0 aliphatic rings. The number of aliphatic carboxylic acids is 1. The van der Waals surface area contributed by atoms with Gasteiger partial charge in [0.15, 0.2) is 0 Å². The van der Waals surface area contributed by atoms with Crippen LogP contribution in [0.5, 0.6) is 0 Å². The van der Waals surface area contributed by atoms with E-state index < -0.39 is 12.0 Å². The van der Waals surface area contributed by atoms with Crippen LogP contribution in [-0.2, 0) is 4.79 Å². The zero-order chi connectivity index (χ0) is 16.2. The summed E-state index contributed by atoms with van der Waals surface area (Å²) in [5, 5.41) is 15.4. The number of nitrogens with zero attached hydrogens (tertiary/aromatic N) is 1. The minimum absolute atomic E-state index is 0.162. The van der Waals surface area contributed by atoms with Gasteiger partial charge >= 0.3 is 5.97 Å². The van der Waals surface area contributed by atoms with E-state index in [1.54, 1.807) is 6.20 Å². The first kappa shape index (κ1) is 15.2. The van der Waals surface area contributed by atoms with Gasteiger partial charge in [0.25, 0.3) is 5.91 Å². The van der Waals surface area contributed by atoms with Crippen LogP contribution in [0.3, 0.4) is 0 Å². The Morgan fingerprint density at radius 2 is 2.00 bits per heavy atom. The summed E-state index contributed by atoms with van der Waals surface area (Å²) in [5.74, 6) is -1.28. The first-order chi connectivity index (χ1) is 11.1. The highest BCUT2D eigenvalue weighted by Crippen LogP contribution is 2.24. The van der Waals surface area contributed by atoms with Crippen LogP contribution < -0.4 is 5.32 Å². The lowest BCUT2D eigenvalue weighted by atomic mass is 10.1. The molecule has 3 aromatic rings. The van der Waals surface area contributed by atoms with Crippen molar-refractivity contribution >= 4 is 34.0 Å². The summed E-state index contributed by atoms with van der Waals surface area (Å²) in [6.45, 7) is 0. The Hall–Kier alpha value is -2.73. The maximum Gasteiger partial charge on any atom is 0.305 e. The van der Waals surface area contributed by atoms with Crippen LogP contribution >= 0.6 is 11.3 Å². The van der Waals surface area contributed by atoms with Crippen LogP contribution in [0.15, 0.2) is 54.2 Å². The van der Waals surface area contributed by atoms with Crippen LogP contribution in [0.4, 0.5) is 0 Å². The van der Waals surface area contributed by atoms with Crippen LogP contribution in [0, 0.1) is 0 Å². The Balaban J connectivity index is 1.90. The van der Waals surface area contributed by atoms with E-state index in [2.05, 4.69) is 10.3 Å². The summed E-state index contributed by atoms with van der Waals surface area (Å²) >= 11 is 1.42. The molecule has 23 heavy (non-hydrogen) atoms. The Morgan fingerprint density at radius 1 is 1.17 bits per heavy atom. The third kappa shape index (κ3) is 3.37. The molecule has 116 valence electrons. The third-order valence-electron chi connectivity index (χ3n) is 3.48. The largest absolute Gasteiger partial charge is 0.481 e. The number of nitrogens with one attached hydrogen (secondary N) is 1. The normalized spacial score (nSPS) is 12.0. The van der Waals surface area contributed by atoms with Gasteiger partial charge in [0, 0.05) is 22.7 Å². The van der Waals surface area contributed by atoms with Crippen molar-refractivity contribution in [1.82, 2.24) is 10.3 Å². The number of aromatic nitrogens is 1. The van der Waals surface area contributed by atoms with Gasteiger partial charge in [0.2, 0.25) is 0 Å². The van der Waals surface area contributed by atoms with Crippen LogP contribution in [0.1, 0.15) is 27.7 Å². The van der Waals surface area contributed by atoms with Gasteiger partial charge in [-0.1, -0.05) is 30.3 Å². The molecular formula is C17H14N2O3S. The molecule has 1 aromatic carbocycles. The topological polar surface area (TPSA) is 79.3 Å². The smallest absolute Gasteiger partial charge is 0.305 e. The number of fused-ring (bicyclic) bond motifs is 1. The molecule has 1 atom stereocenters. The highest BCUT2D eigenvalue weighted by Gasteiger charge is 2.20. The van der Waals surface area contributed by atoms with Gasteiger partial charge in [-0.25, -0.2) is 0 Å². The van der Waals surface area contributed by atoms with Crippen molar-refractivity contribution in [2.75, 3.05) is 0 Å². The zero-order valence-corrected chi connectivity index (χ0v) is 12.9. The second-order valence-corrected chi connectivity index (χ2v) is 6.03. The molecular weight excluding hydrogens is 312 g/mol. The van der Waals surface area contributed by atoms with Crippen molar-refractivity contribution in [3.63, 3.8) is 0 Å². The van der Waals surface area contributed by atoms with E-state index in [0.717, 1.165) is 15.6 Å². The fourth-order valence-corrected chi connectivity index (χ4v) is 3.20. The van der Waals surface area contributed by atoms with Gasteiger partial charge in [-0.3, -0.25) is 14.6 Å². The molecule has 0 spiro atoms. The molecule has 6 heteroatoms. The number of carboxylic acid groups (broad SMARTS) is 1. The highest BCUT2D eigenvalue weighted by atomic mass is 32.1. The second kappa shape index (κ2) is 6.58. The molecule has 0 aliphatic carbocycles. The van der Waals surface area contributed by atoms with Crippen molar-refractivity contribution < 1.29 is 14.7 Å². The fraction of sp³-hybridized carbons (Fsp3) is 0.118. The number of benzene rings is 1. The lowest BCUT2D eigenvalue weighted by Gasteiger charge is -2.16. The van der Waals surface area contributed by atoms with Crippen LogP contribution in [0.2, 0.25) is 0 Å². The van der Waals surface area contributed by atoms with Crippen LogP contribution in [0.25, 0.3) is 10.8 Å². The summed E-state index contributed by atoms with van der Waals surface area (Å²) < 4.78 is 0. The van der Waals surface area contributed by atoms with Gasteiger partial charge in [-0.2, -0.15) is 0 Å². The lowest BCUT2D eigenvalue weighted by molar-refractivity contribution is -0.137. The van der Waals surface area contributed by atoms with Crippen molar-refractivity contribution in [3.05, 3.63) is 64.6 Å². The third-order valence-corrected chi connectivity index (χ3v) is 4.47. The highest BCUT2D eigenvalue weighted by molar-refractivity contribution is 7.10. The SMILES string of the molecule is O=C(O)C[C@H](NC(=O)c1cncc2ccccc12)c1cccs1. The lowest BCUT2D eigenvalue weighted by Crippen LogP contribution is -2.30. The molecule has 2 aromatic heterocycles. The molecule has 0 aliphatic heterocycles. The predicted octanol–water partition coefficient (Wildman–Crippen LogP) is 3.24. The summed E-state index contributed by atoms with van der Waals surface area (Å²) in [4.78, 5) is 28.6. The Bertz CT molecular complexity index is 841. The van der Waals surface area contributed by atoms with Gasteiger partial charge in [-0.05, 0) is 16.8 Å². The van der Waals surface area contributed by atoms with Gasteiger partial charge < -0.3 is 10.4 Å². The van der Waals surface area contributed by atoms with E-state index in [1.165, 1.54) is 17.5 Å².